The van der Waals surface area contributed by atoms with E-state index in [4.69, 9.17) is 4.74 Å². The third kappa shape index (κ3) is 4.06. The molecule has 2 aliphatic rings. The zero-order valence-corrected chi connectivity index (χ0v) is 17.4. The number of ether oxygens (including phenoxy) is 1. The summed E-state index contributed by atoms with van der Waals surface area (Å²) in [4.78, 5) is 21.2. The molecule has 29 heavy (non-hydrogen) atoms. The number of piperidine rings is 1. The Morgan fingerprint density at radius 3 is 2.76 bits per heavy atom. The predicted octanol–water partition coefficient (Wildman–Crippen LogP) is 4.19. The fourth-order valence-corrected chi connectivity index (χ4v) is 4.59. The van der Waals surface area contributed by atoms with Crippen LogP contribution in [0.2, 0.25) is 0 Å². The van der Waals surface area contributed by atoms with Gasteiger partial charge in [-0.1, -0.05) is 18.2 Å². The Hall–Kier alpha value is -2.66. The summed E-state index contributed by atoms with van der Waals surface area (Å²) in [5.74, 6) is 0.988. The van der Waals surface area contributed by atoms with Crippen LogP contribution in [-0.2, 0) is 11.3 Å². The Kier molecular flexibility index (Phi) is 5.41. The van der Waals surface area contributed by atoms with Crippen LogP contribution in [0.1, 0.15) is 39.2 Å². The molecule has 1 saturated heterocycles. The van der Waals surface area contributed by atoms with Crippen LogP contribution in [0.25, 0.3) is 0 Å². The molecule has 5 nitrogen and oxygen atoms in total. The van der Waals surface area contributed by atoms with Crippen molar-refractivity contribution in [2.45, 2.75) is 57.8 Å². The third-order valence-corrected chi connectivity index (χ3v) is 5.88. The lowest BCUT2D eigenvalue weighted by Gasteiger charge is -2.47. The number of nitrogens with zero attached hydrogens (tertiary/aromatic N) is 3. The van der Waals surface area contributed by atoms with Crippen molar-refractivity contribution in [3.63, 3.8) is 0 Å². The van der Waals surface area contributed by atoms with Gasteiger partial charge in [-0.15, -0.1) is 0 Å². The maximum atomic E-state index is 12.6. The van der Waals surface area contributed by atoms with E-state index in [1.165, 1.54) is 5.56 Å². The van der Waals surface area contributed by atoms with E-state index < -0.39 is 0 Å². The van der Waals surface area contributed by atoms with E-state index in [2.05, 4.69) is 41.1 Å². The molecule has 2 aliphatic heterocycles. The lowest BCUT2D eigenvalue weighted by Crippen LogP contribution is -2.56. The Labute approximate surface area is 173 Å². The number of benzene rings is 1. The van der Waals surface area contributed by atoms with Crippen LogP contribution >= 0.6 is 0 Å². The highest BCUT2D eigenvalue weighted by molar-refractivity contribution is 6.06. The average Bonchev–Trinajstić information content (AvgIpc) is 3.00. The number of hydrogen-bond acceptors (Lipinski definition) is 4. The lowest BCUT2D eigenvalue weighted by atomic mass is 9.82. The van der Waals surface area contributed by atoms with Crippen LogP contribution in [0.4, 0.5) is 5.69 Å². The zero-order valence-electron chi connectivity index (χ0n) is 17.4. The van der Waals surface area contributed by atoms with Gasteiger partial charge in [-0.05, 0) is 63.4 Å². The molecule has 4 rings (SSSR count). The first kappa shape index (κ1) is 19.6. The Bertz CT molecular complexity index is 896. The van der Waals surface area contributed by atoms with Gasteiger partial charge >= 0.3 is 0 Å². The number of carbonyl (C=O) groups excluding carboxylic acids is 1. The fraction of sp³-hybridized carbons (Fsp3) is 0.417. The Morgan fingerprint density at radius 2 is 2.03 bits per heavy atom. The number of hydrogen-bond donors (Lipinski definition) is 0. The van der Waals surface area contributed by atoms with Crippen molar-refractivity contribution in [1.29, 1.82) is 0 Å². The van der Waals surface area contributed by atoms with Gasteiger partial charge in [-0.3, -0.25) is 19.6 Å². The summed E-state index contributed by atoms with van der Waals surface area (Å²) in [6.07, 6.45) is 9.35. The van der Waals surface area contributed by atoms with Crippen molar-refractivity contribution in [3.05, 3.63) is 66.5 Å². The summed E-state index contributed by atoms with van der Waals surface area (Å²) in [7, 11) is 0. The minimum Gasteiger partial charge on any atom is -0.491 e. The van der Waals surface area contributed by atoms with Crippen molar-refractivity contribution in [3.8, 4) is 5.75 Å². The smallest absolute Gasteiger partial charge is 0.251 e. The molecule has 0 saturated carbocycles. The minimum absolute atomic E-state index is 0.0652. The number of likely N-dealkylation sites (tertiary alicyclic amines) is 1. The molecule has 0 radical (unpaired) electrons. The van der Waals surface area contributed by atoms with Gasteiger partial charge in [0.15, 0.2) is 0 Å². The van der Waals surface area contributed by atoms with Crippen LogP contribution in [0, 0.1) is 0 Å². The topological polar surface area (TPSA) is 45.7 Å². The monoisotopic (exact) mass is 391 g/mol. The van der Waals surface area contributed by atoms with Gasteiger partial charge < -0.3 is 4.74 Å². The van der Waals surface area contributed by atoms with Gasteiger partial charge in [0.25, 0.3) is 5.91 Å². The number of aromatic nitrogens is 1. The first-order chi connectivity index (χ1) is 14.0. The standard InChI is InChI=1S/C24H29N3O2/c1-18(2)29-22-6-4-5-20(15-22)17-26-14-11-24(16-19(26)3)10-7-23(28)27(24)21-8-12-25-13-9-21/h4-10,12-13,15,18-19H,11,14,16-17H2,1-3H3/t19-,24+/m0/s1. The molecule has 0 unspecified atom stereocenters. The molecule has 1 spiro atoms. The first-order valence-electron chi connectivity index (χ1n) is 10.4. The highest BCUT2D eigenvalue weighted by Crippen LogP contribution is 2.40. The van der Waals surface area contributed by atoms with E-state index in [1.54, 1.807) is 18.5 Å². The second-order valence-corrected chi connectivity index (χ2v) is 8.40. The second kappa shape index (κ2) is 7.99. The summed E-state index contributed by atoms with van der Waals surface area (Å²) in [5, 5.41) is 0. The first-order valence-corrected chi connectivity index (χ1v) is 10.4. The second-order valence-electron chi connectivity index (χ2n) is 8.40. The molecule has 5 heteroatoms. The summed E-state index contributed by atoms with van der Waals surface area (Å²) in [5.41, 5.74) is 1.95. The van der Waals surface area contributed by atoms with E-state index >= 15 is 0 Å². The van der Waals surface area contributed by atoms with Crippen LogP contribution in [-0.4, -0.2) is 40.0 Å². The molecule has 1 amide bonds. The molecular weight excluding hydrogens is 362 g/mol. The molecule has 0 aliphatic carbocycles. The minimum atomic E-state index is -0.239. The molecule has 1 fully saturated rings. The highest BCUT2D eigenvalue weighted by atomic mass is 16.5. The summed E-state index contributed by atoms with van der Waals surface area (Å²) in [6.45, 7) is 8.18. The molecule has 2 aromatic rings. The van der Waals surface area contributed by atoms with Gasteiger partial charge in [0.2, 0.25) is 0 Å². The number of carbonyl (C=O) groups is 1. The van der Waals surface area contributed by atoms with Crippen LogP contribution in [0.3, 0.4) is 0 Å². The van der Waals surface area contributed by atoms with Crippen LogP contribution < -0.4 is 9.64 Å². The average molecular weight is 392 g/mol. The van der Waals surface area contributed by atoms with Gasteiger partial charge in [0.05, 0.1) is 11.6 Å². The van der Waals surface area contributed by atoms with E-state index in [0.717, 1.165) is 37.4 Å². The molecule has 0 N–H and O–H groups in total. The van der Waals surface area contributed by atoms with Gasteiger partial charge in [-0.25, -0.2) is 0 Å². The Morgan fingerprint density at radius 1 is 1.24 bits per heavy atom. The van der Waals surface area contributed by atoms with Crippen molar-refractivity contribution in [2.24, 2.45) is 0 Å². The largest absolute Gasteiger partial charge is 0.491 e. The molecule has 0 bridgehead atoms. The third-order valence-electron chi connectivity index (χ3n) is 5.88. The van der Waals surface area contributed by atoms with Crippen LogP contribution in [0.5, 0.6) is 5.75 Å². The van der Waals surface area contributed by atoms with Gasteiger partial charge in [0, 0.05) is 43.3 Å². The molecule has 3 heterocycles. The van der Waals surface area contributed by atoms with E-state index in [9.17, 15) is 4.79 Å². The van der Waals surface area contributed by atoms with Gasteiger partial charge in [-0.2, -0.15) is 0 Å². The number of amides is 1. The summed E-state index contributed by atoms with van der Waals surface area (Å²) >= 11 is 0. The van der Waals surface area contributed by atoms with Crippen molar-refractivity contribution in [1.82, 2.24) is 9.88 Å². The molecule has 1 aromatic heterocycles. The Balaban J connectivity index is 1.48. The van der Waals surface area contributed by atoms with Crippen molar-refractivity contribution in [2.75, 3.05) is 11.4 Å². The highest BCUT2D eigenvalue weighted by Gasteiger charge is 2.46. The van der Waals surface area contributed by atoms with Crippen LogP contribution in [0.15, 0.2) is 60.9 Å². The SMILES string of the molecule is CC(C)Oc1cccc(CN2CC[C@]3(C=CC(=O)N3c3ccncc3)C[C@@H]2C)c1. The normalized spacial score (nSPS) is 24.6. The summed E-state index contributed by atoms with van der Waals surface area (Å²) < 4.78 is 5.84. The number of pyridine rings is 1. The quantitative estimate of drug-likeness (QED) is 0.767. The fourth-order valence-electron chi connectivity index (χ4n) is 4.59. The van der Waals surface area contributed by atoms with Gasteiger partial charge in [0.1, 0.15) is 5.75 Å². The summed E-state index contributed by atoms with van der Waals surface area (Å²) in [6, 6.07) is 12.6. The van der Waals surface area contributed by atoms with E-state index in [0.29, 0.717) is 6.04 Å². The number of rotatable bonds is 5. The molecule has 152 valence electrons. The van der Waals surface area contributed by atoms with Crippen molar-refractivity contribution < 1.29 is 9.53 Å². The zero-order chi connectivity index (χ0) is 20.4. The lowest BCUT2D eigenvalue weighted by molar-refractivity contribution is -0.114. The molecule has 1 aromatic carbocycles. The maximum Gasteiger partial charge on any atom is 0.251 e. The molecular formula is C24H29N3O2. The predicted molar refractivity (Wildman–Crippen MR) is 115 cm³/mol. The van der Waals surface area contributed by atoms with Crippen molar-refractivity contribution >= 4 is 11.6 Å². The van der Waals surface area contributed by atoms with E-state index in [1.807, 2.05) is 36.9 Å². The maximum absolute atomic E-state index is 12.6. The van der Waals surface area contributed by atoms with E-state index in [-0.39, 0.29) is 17.6 Å². The number of anilines is 1. The molecule has 2 atom stereocenters.